The predicted octanol–water partition coefficient (Wildman–Crippen LogP) is 3.54. The van der Waals surface area contributed by atoms with Crippen molar-refractivity contribution in [2.45, 2.75) is 44.7 Å². The Labute approximate surface area is 153 Å². The zero-order valence-electron chi connectivity index (χ0n) is 15.4. The molecule has 2 fully saturated rings. The second-order valence-corrected chi connectivity index (χ2v) is 7.78. The van der Waals surface area contributed by atoms with Crippen LogP contribution in [0.1, 0.15) is 61.7 Å². The summed E-state index contributed by atoms with van der Waals surface area (Å²) in [5.41, 5.74) is 8.78. The van der Waals surface area contributed by atoms with Crippen LogP contribution in [0.25, 0.3) is 0 Å². The number of hydrogen-bond donors (Lipinski definition) is 2. The monoisotopic (exact) mass is 358 g/mol. The van der Waals surface area contributed by atoms with Gasteiger partial charge in [0.25, 0.3) is 0 Å². The molecule has 140 valence electrons. The van der Waals surface area contributed by atoms with Gasteiger partial charge < -0.3 is 4.52 Å². The summed E-state index contributed by atoms with van der Waals surface area (Å²) in [6.45, 7) is 7.23. The second kappa shape index (κ2) is 7.47. The van der Waals surface area contributed by atoms with Gasteiger partial charge in [-0.2, -0.15) is 0 Å². The van der Waals surface area contributed by atoms with Gasteiger partial charge in [-0.1, -0.05) is 31.1 Å². The molecule has 26 heavy (non-hydrogen) atoms. The van der Waals surface area contributed by atoms with Gasteiger partial charge in [0.2, 0.25) is 0 Å². The van der Waals surface area contributed by atoms with E-state index < -0.39 is 0 Å². The number of hydrazine groups is 1. The Balaban J connectivity index is 1.47. The molecule has 4 rings (SSSR count). The predicted molar refractivity (Wildman–Crippen MR) is 97.9 cm³/mol. The van der Waals surface area contributed by atoms with Crippen molar-refractivity contribution in [3.05, 3.63) is 53.2 Å². The summed E-state index contributed by atoms with van der Waals surface area (Å²) in [5, 5.41) is 4.24. The fourth-order valence-electron chi connectivity index (χ4n) is 4.13. The summed E-state index contributed by atoms with van der Waals surface area (Å²) in [6.07, 6.45) is 2.29. The molecule has 5 nitrogen and oxygen atoms in total. The van der Waals surface area contributed by atoms with Crippen LogP contribution < -0.4 is 10.9 Å². The number of nitrogens with zero attached hydrogens (tertiary/aromatic N) is 2. The molecule has 3 heterocycles. The van der Waals surface area contributed by atoms with Gasteiger partial charge in [-0.25, -0.2) is 9.82 Å². The summed E-state index contributed by atoms with van der Waals surface area (Å²) in [4.78, 5) is 2.51. The maximum absolute atomic E-state index is 13.2. The summed E-state index contributed by atoms with van der Waals surface area (Å²) in [6, 6.07) is 9.44. The Morgan fingerprint density at radius 2 is 2.12 bits per heavy atom. The SMILES string of the molecule is CC(C)c1cc(C2CCCN2CC2CNNC2c2ccc(F)cc2)on1. The minimum atomic E-state index is -0.192. The molecule has 0 saturated carbocycles. The molecule has 0 radical (unpaired) electrons. The Kier molecular flexibility index (Phi) is 5.07. The van der Waals surface area contributed by atoms with Crippen LogP contribution in [-0.4, -0.2) is 29.7 Å². The molecule has 2 saturated heterocycles. The van der Waals surface area contributed by atoms with Crippen LogP contribution in [0.4, 0.5) is 4.39 Å². The topological polar surface area (TPSA) is 53.3 Å². The Hall–Kier alpha value is -1.76. The van der Waals surface area contributed by atoms with E-state index in [1.165, 1.54) is 18.6 Å². The van der Waals surface area contributed by atoms with Crippen molar-refractivity contribution in [1.82, 2.24) is 20.9 Å². The second-order valence-electron chi connectivity index (χ2n) is 7.78. The first-order valence-corrected chi connectivity index (χ1v) is 9.56. The molecule has 0 spiro atoms. The number of nitrogens with one attached hydrogen (secondary N) is 2. The first kappa shape index (κ1) is 17.6. The third kappa shape index (κ3) is 3.54. The Morgan fingerprint density at radius 1 is 1.31 bits per heavy atom. The first-order chi connectivity index (χ1) is 12.6. The summed E-state index contributed by atoms with van der Waals surface area (Å²) < 4.78 is 18.9. The molecule has 2 aliphatic heterocycles. The highest BCUT2D eigenvalue weighted by molar-refractivity contribution is 5.22. The minimum Gasteiger partial charge on any atom is -0.359 e. The van der Waals surface area contributed by atoms with Crippen molar-refractivity contribution in [2.24, 2.45) is 5.92 Å². The van der Waals surface area contributed by atoms with E-state index in [0.29, 0.717) is 17.9 Å². The lowest BCUT2D eigenvalue weighted by molar-refractivity contribution is 0.182. The van der Waals surface area contributed by atoms with Crippen molar-refractivity contribution < 1.29 is 8.91 Å². The lowest BCUT2D eigenvalue weighted by Crippen LogP contribution is -2.32. The van der Waals surface area contributed by atoms with Gasteiger partial charge in [0.05, 0.1) is 17.8 Å². The van der Waals surface area contributed by atoms with Gasteiger partial charge in [0.1, 0.15) is 5.82 Å². The maximum atomic E-state index is 13.2. The highest BCUT2D eigenvalue weighted by Gasteiger charge is 2.35. The number of benzene rings is 1. The van der Waals surface area contributed by atoms with Crippen molar-refractivity contribution in [1.29, 1.82) is 0 Å². The highest BCUT2D eigenvalue weighted by atomic mass is 19.1. The van der Waals surface area contributed by atoms with E-state index in [1.807, 2.05) is 12.1 Å². The summed E-state index contributed by atoms with van der Waals surface area (Å²) >= 11 is 0. The fourth-order valence-corrected chi connectivity index (χ4v) is 4.13. The van der Waals surface area contributed by atoms with Crippen LogP contribution in [0.5, 0.6) is 0 Å². The van der Waals surface area contributed by atoms with Gasteiger partial charge in [-0.05, 0) is 43.0 Å². The third-order valence-corrected chi connectivity index (χ3v) is 5.62. The molecule has 3 atom stereocenters. The van der Waals surface area contributed by atoms with E-state index in [-0.39, 0.29) is 11.9 Å². The highest BCUT2D eigenvalue weighted by Crippen LogP contribution is 2.36. The molecule has 2 N–H and O–H groups in total. The van der Waals surface area contributed by atoms with E-state index in [1.54, 1.807) is 0 Å². The zero-order valence-corrected chi connectivity index (χ0v) is 15.4. The van der Waals surface area contributed by atoms with Gasteiger partial charge in [0.15, 0.2) is 5.76 Å². The number of hydrogen-bond acceptors (Lipinski definition) is 5. The molecule has 6 heteroatoms. The average molecular weight is 358 g/mol. The van der Waals surface area contributed by atoms with E-state index in [0.717, 1.165) is 43.1 Å². The smallest absolute Gasteiger partial charge is 0.154 e. The molecule has 2 aromatic rings. The van der Waals surface area contributed by atoms with Crippen molar-refractivity contribution >= 4 is 0 Å². The van der Waals surface area contributed by atoms with Crippen molar-refractivity contribution in [3.8, 4) is 0 Å². The average Bonchev–Trinajstić information content (AvgIpc) is 3.35. The quantitative estimate of drug-likeness (QED) is 0.856. The van der Waals surface area contributed by atoms with E-state index in [9.17, 15) is 4.39 Å². The molecule has 0 aliphatic carbocycles. The van der Waals surface area contributed by atoms with Crippen molar-refractivity contribution in [2.75, 3.05) is 19.6 Å². The minimum absolute atomic E-state index is 0.192. The van der Waals surface area contributed by atoms with Crippen LogP contribution in [-0.2, 0) is 0 Å². The lowest BCUT2D eigenvalue weighted by Gasteiger charge is -2.28. The number of halogens is 1. The molecular formula is C20H27FN4O. The number of likely N-dealkylation sites (tertiary alicyclic amines) is 1. The summed E-state index contributed by atoms with van der Waals surface area (Å²) in [7, 11) is 0. The number of rotatable bonds is 5. The van der Waals surface area contributed by atoms with Crippen molar-refractivity contribution in [3.63, 3.8) is 0 Å². The van der Waals surface area contributed by atoms with Crippen LogP contribution in [0.15, 0.2) is 34.9 Å². The van der Waals surface area contributed by atoms with Gasteiger partial charge >= 0.3 is 0 Å². The lowest BCUT2D eigenvalue weighted by atomic mass is 9.94. The van der Waals surface area contributed by atoms with Crippen LogP contribution >= 0.6 is 0 Å². The largest absolute Gasteiger partial charge is 0.359 e. The van der Waals surface area contributed by atoms with Crippen LogP contribution in [0.2, 0.25) is 0 Å². The molecule has 0 amide bonds. The molecule has 2 aliphatic rings. The van der Waals surface area contributed by atoms with Crippen LogP contribution in [0, 0.1) is 11.7 Å². The molecule has 3 unspecified atom stereocenters. The van der Waals surface area contributed by atoms with E-state index >= 15 is 0 Å². The van der Waals surface area contributed by atoms with Gasteiger partial charge in [-0.3, -0.25) is 10.3 Å². The number of aromatic nitrogens is 1. The Bertz CT molecular complexity index is 730. The normalized spacial score (nSPS) is 26.8. The van der Waals surface area contributed by atoms with Crippen LogP contribution in [0.3, 0.4) is 0 Å². The van der Waals surface area contributed by atoms with Gasteiger partial charge in [-0.15, -0.1) is 0 Å². The standard InChI is InChI=1S/C20H27FN4O/c1-13(2)17-10-19(26-24-17)18-4-3-9-25(18)12-15-11-22-23-20(15)14-5-7-16(21)8-6-14/h5-8,10,13,15,18,20,22-23H,3-4,9,11-12H2,1-2H3. The summed E-state index contributed by atoms with van der Waals surface area (Å²) in [5.74, 6) is 1.60. The molecule has 1 aromatic carbocycles. The Morgan fingerprint density at radius 3 is 2.85 bits per heavy atom. The molecule has 0 bridgehead atoms. The van der Waals surface area contributed by atoms with Gasteiger partial charge in [0, 0.05) is 25.1 Å². The maximum Gasteiger partial charge on any atom is 0.154 e. The molecular weight excluding hydrogens is 331 g/mol. The molecule has 1 aromatic heterocycles. The fraction of sp³-hybridized carbons (Fsp3) is 0.550. The first-order valence-electron chi connectivity index (χ1n) is 9.56. The third-order valence-electron chi connectivity index (χ3n) is 5.62. The van der Waals surface area contributed by atoms with E-state index in [4.69, 9.17) is 4.52 Å². The zero-order chi connectivity index (χ0) is 18.1. The van der Waals surface area contributed by atoms with E-state index in [2.05, 4.69) is 40.8 Å².